The summed E-state index contributed by atoms with van der Waals surface area (Å²) in [4.78, 5) is 20.6. The van der Waals surface area contributed by atoms with Gasteiger partial charge < -0.3 is 15.1 Å². The molecule has 2 aromatic rings. The zero-order valence-electron chi connectivity index (χ0n) is 14.3. The fourth-order valence-electron chi connectivity index (χ4n) is 3.01. The summed E-state index contributed by atoms with van der Waals surface area (Å²) >= 11 is 0. The molecule has 1 N–H and O–H groups in total. The van der Waals surface area contributed by atoms with E-state index in [1.54, 1.807) is 18.5 Å². The predicted octanol–water partition coefficient (Wildman–Crippen LogP) is 3.01. The Morgan fingerprint density at radius 1 is 1.20 bits per heavy atom. The van der Waals surface area contributed by atoms with Crippen LogP contribution in [0.2, 0.25) is 0 Å². The summed E-state index contributed by atoms with van der Waals surface area (Å²) < 4.78 is 0. The van der Waals surface area contributed by atoms with Gasteiger partial charge in [-0.25, -0.2) is 4.79 Å². The second kappa shape index (κ2) is 7.67. The molecule has 3 rings (SSSR count). The average Bonchev–Trinajstić information content (AvgIpc) is 2.89. The quantitative estimate of drug-likeness (QED) is 0.916. The molecule has 25 heavy (non-hydrogen) atoms. The molecule has 1 aromatic heterocycles. The van der Waals surface area contributed by atoms with Crippen LogP contribution in [0, 0.1) is 18.3 Å². The smallest absolute Gasteiger partial charge is 0.321 e. The van der Waals surface area contributed by atoms with E-state index < -0.39 is 0 Å². The van der Waals surface area contributed by atoms with Crippen LogP contribution < -0.4 is 10.2 Å². The molecule has 2 heterocycles. The van der Waals surface area contributed by atoms with Gasteiger partial charge in [-0.2, -0.15) is 5.26 Å². The minimum absolute atomic E-state index is 0.0929. The molecule has 1 fully saturated rings. The van der Waals surface area contributed by atoms with E-state index in [1.807, 2.05) is 36.1 Å². The Kier molecular flexibility index (Phi) is 5.14. The van der Waals surface area contributed by atoms with Crippen molar-refractivity contribution in [3.05, 3.63) is 53.9 Å². The molecule has 1 aliphatic rings. The number of carbonyl (C=O) groups excluding carboxylic acids is 1. The van der Waals surface area contributed by atoms with Crippen LogP contribution in [0.15, 0.2) is 42.7 Å². The van der Waals surface area contributed by atoms with Gasteiger partial charge in [-0.1, -0.05) is 12.1 Å². The summed E-state index contributed by atoms with van der Waals surface area (Å²) in [7, 11) is 0. The molecule has 1 aliphatic heterocycles. The van der Waals surface area contributed by atoms with Crippen LogP contribution in [-0.4, -0.2) is 42.1 Å². The van der Waals surface area contributed by atoms with Crippen molar-refractivity contribution in [2.45, 2.75) is 13.3 Å². The molecular weight excluding hydrogens is 314 g/mol. The van der Waals surface area contributed by atoms with E-state index in [4.69, 9.17) is 0 Å². The molecule has 0 atom stereocenters. The maximum atomic E-state index is 12.6. The van der Waals surface area contributed by atoms with E-state index >= 15 is 0 Å². The van der Waals surface area contributed by atoms with Crippen molar-refractivity contribution in [3.63, 3.8) is 0 Å². The molecule has 0 spiro atoms. The molecule has 0 bridgehead atoms. The number of rotatable bonds is 2. The number of hydrogen-bond donors (Lipinski definition) is 1. The highest BCUT2D eigenvalue weighted by Crippen LogP contribution is 2.21. The number of aromatic nitrogens is 1. The van der Waals surface area contributed by atoms with E-state index in [0.717, 1.165) is 29.9 Å². The monoisotopic (exact) mass is 335 g/mol. The lowest BCUT2D eigenvalue weighted by Gasteiger charge is -2.24. The first-order valence-corrected chi connectivity index (χ1v) is 8.39. The highest BCUT2D eigenvalue weighted by atomic mass is 16.2. The van der Waals surface area contributed by atoms with Crippen molar-refractivity contribution >= 4 is 17.4 Å². The summed E-state index contributed by atoms with van der Waals surface area (Å²) in [6.07, 6.45) is 4.27. The summed E-state index contributed by atoms with van der Waals surface area (Å²) in [5.74, 6) is 0. The van der Waals surface area contributed by atoms with Crippen molar-refractivity contribution in [2.24, 2.45) is 0 Å². The van der Waals surface area contributed by atoms with E-state index in [0.29, 0.717) is 25.2 Å². The number of para-hydroxylation sites is 1. The number of pyridine rings is 1. The van der Waals surface area contributed by atoms with Gasteiger partial charge in [0.2, 0.25) is 0 Å². The molecule has 0 unspecified atom stereocenters. The van der Waals surface area contributed by atoms with Gasteiger partial charge in [-0.15, -0.1) is 0 Å². The first kappa shape index (κ1) is 16.8. The van der Waals surface area contributed by atoms with Crippen LogP contribution in [0.5, 0.6) is 0 Å². The lowest BCUT2D eigenvalue weighted by Crippen LogP contribution is -2.38. The van der Waals surface area contributed by atoms with Gasteiger partial charge in [0.25, 0.3) is 0 Å². The maximum absolute atomic E-state index is 12.6. The van der Waals surface area contributed by atoms with Crippen molar-refractivity contribution in [2.75, 3.05) is 36.4 Å². The number of amides is 2. The molecule has 0 radical (unpaired) electrons. The number of benzene rings is 1. The fourth-order valence-corrected chi connectivity index (χ4v) is 3.01. The molecule has 0 aliphatic carbocycles. The number of aryl methyl sites for hydroxylation is 1. The van der Waals surface area contributed by atoms with Crippen molar-refractivity contribution < 1.29 is 4.79 Å². The average molecular weight is 335 g/mol. The van der Waals surface area contributed by atoms with Crippen molar-refractivity contribution in [1.82, 2.24) is 9.88 Å². The van der Waals surface area contributed by atoms with Crippen LogP contribution in [0.25, 0.3) is 0 Å². The Bertz CT molecular complexity index is 798. The van der Waals surface area contributed by atoms with E-state index in [9.17, 15) is 10.1 Å². The highest BCUT2D eigenvalue weighted by molar-refractivity contribution is 5.90. The molecule has 0 saturated carbocycles. The molecular formula is C19H21N5O. The first-order valence-electron chi connectivity index (χ1n) is 8.39. The molecule has 6 heteroatoms. The SMILES string of the molecule is Cc1cnccc1NC(=O)N1CCCN(c2ccccc2C#N)CC1. The first-order chi connectivity index (χ1) is 12.2. The van der Waals surface area contributed by atoms with Gasteiger partial charge in [0.05, 0.1) is 11.3 Å². The molecule has 1 saturated heterocycles. The van der Waals surface area contributed by atoms with Gasteiger partial charge in [-0.3, -0.25) is 4.98 Å². The number of urea groups is 1. The van der Waals surface area contributed by atoms with Crippen LogP contribution in [0.3, 0.4) is 0 Å². The lowest BCUT2D eigenvalue weighted by molar-refractivity contribution is 0.215. The van der Waals surface area contributed by atoms with Crippen LogP contribution >= 0.6 is 0 Å². The summed E-state index contributed by atoms with van der Waals surface area (Å²) in [5.41, 5.74) is 3.34. The molecule has 1 aromatic carbocycles. The predicted molar refractivity (Wildman–Crippen MR) is 97.6 cm³/mol. The number of anilines is 2. The number of hydrogen-bond acceptors (Lipinski definition) is 4. The molecule has 6 nitrogen and oxygen atoms in total. The van der Waals surface area contributed by atoms with Crippen molar-refractivity contribution in [1.29, 1.82) is 5.26 Å². The number of nitriles is 1. The Morgan fingerprint density at radius 2 is 2.04 bits per heavy atom. The fraction of sp³-hybridized carbons (Fsp3) is 0.316. The summed E-state index contributed by atoms with van der Waals surface area (Å²) in [5, 5.41) is 12.3. The lowest BCUT2D eigenvalue weighted by atomic mass is 10.1. The van der Waals surface area contributed by atoms with Gasteiger partial charge in [0.1, 0.15) is 6.07 Å². The Morgan fingerprint density at radius 3 is 2.84 bits per heavy atom. The molecule has 128 valence electrons. The topological polar surface area (TPSA) is 72.3 Å². The Labute approximate surface area is 147 Å². The minimum Gasteiger partial charge on any atom is -0.369 e. The summed E-state index contributed by atoms with van der Waals surface area (Å²) in [6.45, 7) is 4.78. The molecule has 2 amide bonds. The number of nitrogens with zero attached hydrogens (tertiary/aromatic N) is 4. The number of nitrogens with one attached hydrogen (secondary N) is 1. The second-order valence-corrected chi connectivity index (χ2v) is 6.08. The van der Waals surface area contributed by atoms with Gasteiger partial charge in [-0.05, 0) is 37.1 Å². The zero-order valence-corrected chi connectivity index (χ0v) is 14.3. The third-order valence-electron chi connectivity index (χ3n) is 4.41. The minimum atomic E-state index is -0.0929. The zero-order chi connectivity index (χ0) is 17.6. The van der Waals surface area contributed by atoms with Gasteiger partial charge in [0, 0.05) is 44.3 Å². The second-order valence-electron chi connectivity index (χ2n) is 6.08. The van der Waals surface area contributed by atoms with E-state index in [1.165, 1.54) is 0 Å². The van der Waals surface area contributed by atoms with E-state index in [2.05, 4.69) is 21.3 Å². The highest BCUT2D eigenvalue weighted by Gasteiger charge is 2.21. The normalized spacial score (nSPS) is 14.6. The van der Waals surface area contributed by atoms with Gasteiger partial charge >= 0.3 is 6.03 Å². The number of carbonyl (C=O) groups is 1. The van der Waals surface area contributed by atoms with Crippen LogP contribution in [0.1, 0.15) is 17.5 Å². The standard InChI is InChI=1S/C19H21N5O/c1-15-14-21-8-7-17(15)22-19(25)24-10-4-9-23(11-12-24)18-6-3-2-5-16(18)13-20/h2-3,5-8,14H,4,9-12H2,1H3,(H,21,22,25). The Balaban J connectivity index is 1.66. The third-order valence-corrected chi connectivity index (χ3v) is 4.41. The van der Waals surface area contributed by atoms with Crippen LogP contribution in [0.4, 0.5) is 16.2 Å². The third kappa shape index (κ3) is 3.89. The largest absolute Gasteiger partial charge is 0.369 e. The summed E-state index contributed by atoms with van der Waals surface area (Å²) in [6, 6.07) is 11.6. The van der Waals surface area contributed by atoms with Crippen LogP contribution in [-0.2, 0) is 0 Å². The van der Waals surface area contributed by atoms with E-state index in [-0.39, 0.29) is 6.03 Å². The van der Waals surface area contributed by atoms with Gasteiger partial charge in [0.15, 0.2) is 0 Å². The van der Waals surface area contributed by atoms with Crippen molar-refractivity contribution in [3.8, 4) is 6.07 Å². The maximum Gasteiger partial charge on any atom is 0.321 e. The Hall–Kier alpha value is -3.07.